The highest BCUT2D eigenvalue weighted by Gasteiger charge is 2.30. The summed E-state index contributed by atoms with van der Waals surface area (Å²) < 4.78 is 0. The number of nitrogens with two attached hydrogens (primary N) is 1. The average molecular weight is 210 g/mol. The van der Waals surface area contributed by atoms with Crippen LogP contribution in [0.15, 0.2) is 0 Å². The van der Waals surface area contributed by atoms with E-state index in [1.807, 2.05) is 0 Å². The van der Waals surface area contributed by atoms with E-state index in [4.69, 9.17) is 5.73 Å². The Balaban J connectivity index is 1.75. The van der Waals surface area contributed by atoms with Crippen LogP contribution >= 0.6 is 0 Å². The smallest absolute Gasteiger partial charge is 0.223 e. The molecule has 2 aliphatic rings. The zero-order valence-electron chi connectivity index (χ0n) is 9.54. The highest BCUT2D eigenvalue weighted by Crippen LogP contribution is 2.28. The van der Waals surface area contributed by atoms with Gasteiger partial charge in [-0.25, -0.2) is 0 Å². The van der Waals surface area contributed by atoms with Gasteiger partial charge in [0.05, 0.1) is 0 Å². The highest BCUT2D eigenvalue weighted by atomic mass is 16.1. The third kappa shape index (κ3) is 2.71. The maximum absolute atomic E-state index is 11.9. The number of carbonyl (C=O) groups excluding carboxylic acids is 1. The van der Waals surface area contributed by atoms with Crippen molar-refractivity contribution in [2.75, 3.05) is 0 Å². The minimum absolute atomic E-state index is 0.185. The van der Waals surface area contributed by atoms with E-state index in [2.05, 4.69) is 12.2 Å². The predicted octanol–water partition coefficient (Wildman–Crippen LogP) is 1.42. The van der Waals surface area contributed by atoms with Gasteiger partial charge >= 0.3 is 0 Å². The molecule has 2 fully saturated rings. The second-order valence-electron chi connectivity index (χ2n) is 5.41. The summed E-state index contributed by atoms with van der Waals surface area (Å²) in [5.74, 6) is 1.23. The molecule has 2 atom stereocenters. The van der Waals surface area contributed by atoms with E-state index in [1.165, 1.54) is 0 Å². The summed E-state index contributed by atoms with van der Waals surface area (Å²) in [6, 6.07) is 0.695. The van der Waals surface area contributed by atoms with Gasteiger partial charge in [-0.2, -0.15) is 0 Å². The molecule has 15 heavy (non-hydrogen) atoms. The van der Waals surface area contributed by atoms with Crippen molar-refractivity contribution in [1.82, 2.24) is 5.32 Å². The Morgan fingerprint density at radius 3 is 2.60 bits per heavy atom. The van der Waals surface area contributed by atoms with Gasteiger partial charge in [-0.05, 0) is 38.0 Å². The van der Waals surface area contributed by atoms with Gasteiger partial charge in [0.2, 0.25) is 5.91 Å². The topological polar surface area (TPSA) is 55.1 Å². The zero-order valence-corrected chi connectivity index (χ0v) is 9.54. The summed E-state index contributed by atoms with van der Waals surface area (Å²) in [5.41, 5.74) is 5.88. The first kappa shape index (κ1) is 10.9. The van der Waals surface area contributed by atoms with Crippen molar-refractivity contribution >= 4 is 5.91 Å². The van der Waals surface area contributed by atoms with Crippen molar-refractivity contribution in [1.29, 1.82) is 0 Å². The minimum atomic E-state index is 0.185. The molecular formula is C12H22N2O. The van der Waals surface area contributed by atoms with Crippen LogP contribution in [0.2, 0.25) is 0 Å². The first-order valence-electron chi connectivity index (χ1n) is 6.21. The second kappa shape index (κ2) is 4.52. The van der Waals surface area contributed by atoms with E-state index >= 15 is 0 Å². The normalized spacial score (nSPS) is 40.7. The standard InChI is InChI=1S/C12H22N2O/c1-8-5-11(6-8)14-12(15)9-3-2-4-10(13)7-9/h8-11H,2-7,13H2,1H3,(H,14,15). The maximum atomic E-state index is 11.9. The molecule has 0 aromatic rings. The molecule has 1 amide bonds. The fourth-order valence-corrected chi connectivity index (χ4v) is 2.80. The summed E-state index contributed by atoms with van der Waals surface area (Å²) in [4.78, 5) is 11.9. The van der Waals surface area contributed by atoms with Crippen molar-refractivity contribution in [2.45, 2.75) is 57.5 Å². The lowest BCUT2D eigenvalue weighted by atomic mass is 9.80. The summed E-state index contributed by atoms with van der Waals surface area (Å²) in [7, 11) is 0. The lowest BCUT2D eigenvalue weighted by molar-refractivity contribution is -0.127. The fourth-order valence-electron chi connectivity index (χ4n) is 2.80. The Labute approximate surface area is 91.8 Å². The third-order valence-corrected chi connectivity index (χ3v) is 3.81. The number of hydrogen-bond acceptors (Lipinski definition) is 2. The van der Waals surface area contributed by atoms with Crippen molar-refractivity contribution in [3.05, 3.63) is 0 Å². The van der Waals surface area contributed by atoms with Crippen LogP contribution < -0.4 is 11.1 Å². The molecule has 2 unspecified atom stereocenters. The van der Waals surface area contributed by atoms with Crippen LogP contribution in [0.5, 0.6) is 0 Å². The number of amides is 1. The Morgan fingerprint density at radius 1 is 1.27 bits per heavy atom. The molecule has 2 rings (SSSR count). The summed E-state index contributed by atoms with van der Waals surface area (Å²) >= 11 is 0. The SMILES string of the molecule is CC1CC(NC(=O)C2CCCC(N)C2)C1. The van der Waals surface area contributed by atoms with Crippen LogP contribution in [0.4, 0.5) is 0 Å². The van der Waals surface area contributed by atoms with E-state index in [0.29, 0.717) is 6.04 Å². The number of rotatable bonds is 2. The minimum Gasteiger partial charge on any atom is -0.353 e. The molecule has 0 aliphatic heterocycles. The lowest BCUT2D eigenvalue weighted by Crippen LogP contribution is -2.47. The van der Waals surface area contributed by atoms with Gasteiger partial charge in [0.15, 0.2) is 0 Å². The van der Waals surface area contributed by atoms with Crippen molar-refractivity contribution < 1.29 is 4.79 Å². The van der Waals surface area contributed by atoms with Crippen LogP contribution in [-0.2, 0) is 4.79 Å². The van der Waals surface area contributed by atoms with Crippen LogP contribution in [0.3, 0.4) is 0 Å². The lowest BCUT2D eigenvalue weighted by Gasteiger charge is -2.35. The molecule has 3 nitrogen and oxygen atoms in total. The quantitative estimate of drug-likeness (QED) is 0.724. The van der Waals surface area contributed by atoms with Gasteiger partial charge in [0.1, 0.15) is 0 Å². The molecule has 0 radical (unpaired) electrons. The van der Waals surface area contributed by atoms with Crippen LogP contribution in [-0.4, -0.2) is 18.0 Å². The summed E-state index contributed by atoms with van der Waals surface area (Å²) in [5, 5.41) is 3.14. The summed E-state index contributed by atoms with van der Waals surface area (Å²) in [6.45, 7) is 2.24. The van der Waals surface area contributed by atoms with E-state index in [0.717, 1.165) is 44.4 Å². The van der Waals surface area contributed by atoms with Crippen LogP contribution in [0.25, 0.3) is 0 Å². The van der Waals surface area contributed by atoms with E-state index in [-0.39, 0.29) is 17.9 Å². The Kier molecular flexibility index (Phi) is 3.29. The molecular weight excluding hydrogens is 188 g/mol. The number of hydrogen-bond donors (Lipinski definition) is 2. The van der Waals surface area contributed by atoms with E-state index in [1.54, 1.807) is 0 Å². The van der Waals surface area contributed by atoms with Gasteiger partial charge in [-0.15, -0.1) is 0 Å². The number of nitrogens with one attached hydrogen (secondary N) is 1. The van der Waals surface area contributed by atoms with Crippen molar-refractivity contribution in [2.24, 2.45) is 17.6 Å². The van der Waals surface area contributed by atoms with Gasteiger partial charge in [-0.3, -0.25) is 4.79 Å². The molecule has 0 spiro atoms. The molecule has 3 heteroatoms. The average Bonchev–Trinajstić information content (AvgIpc) is 2.15. The molecule has 0 aromatic heterocycles. The van der Waals surface area contributed by atoms with E-state index < -0.39 is 0 Å². The molecule has 0 heterocycles. The van der Waals surface area contributed by atoms with Gasteiger partial charge < -0.3 is 11.1 Å². The number of carbonyl (C=O) groups is 1. The van der Waals surface area contributed by atoms with Gasteiger partial charge in [-0.1, -0.05) is 13.3 Å². The van der Waals surface area contributed by atoms with Gasteiger partial charge in [0.25, 0.3) is 0 Å². The first-order chi connectivity index (χ1) is 7.15. The maximum Gasteiger partial charge on any atom is 0.223 e. The molecule has 0 aromatic carbocycles. The zero-order chi connectivity index (χ0) is 10.8. The second-order valence-corrected chi connectivity index (χ2v) is 5.41. The molecule has 3 N–H and O–H groups in total. The highest BCUT2D eigenvalue weighted by molar-refractivity contribution is 5.79. The molecule has 86 valence electrons. The molecule has 2 saturated carbocycles. The van der Waals surface area contributed by atoms with Crippen molar-refractivity contribution in [3.8, 4) is 0 Å². The van der Waals surface area contributed by atoms with Crippen molar-refractivity contribution in [3.63, 3.8) is 0 Å². The predicted molar refractivity (Wildman–Crippen MR) is 60.3 cm³/mol. The molecule has 0 saturated heterocycles. The first-order valence-corrected chi connectivity index (χ1v) is 6.21. The van der Waals surface area contributed by atoms with Crippen LogP contribution in [0, 0.1) is 11.8 Å². The monoisotopic (exact) mass is 210 g/mol. The Hall–Kier alpha value is -0.570. The van der Waals surface area contributed by atoms with E-state index in [9.17, 15) is 4.79 Å². The largest absolute Gasteiger partial charge is 0.353 e. The third-order valence-electron chi connectivity index (χ3n) is 3.81. The molecule has 0 bridgehead atoms. The summed E-state index contributed by atoms with van der Waals surface area (Å²) in [6.07, 6.45) is 6.43. The van der Waals surface area contributed by atoms with Crippen LogP contribution in [0.1, 0.15) is 45.4 Å². The Morgan fingerprint density at radius 2 is 2.00 bits per heavy atom. The molecule has 2 aliphatic carbocycles. The van der Waals surface area contributed by atoms with Gasteiger partial charge in [0, 0.05) is 18.0 Å². The Bertz CT molecular complexity index is 236. The fraction of sp³-hybridized carbons (Fsp3) is 0.917.